The van der Waals surface area contributed by atoms with Crippen molar-refractivity contribution in [2.45, 2.75) is 110 Å². The normalized spacial score (nSPS) is 12.3. The van der Waals surface area contributed by atoms with Crippen molar-refractivity contribution in [1.29, 1.82) is 0 Å². The molecule has 0 aromatic rings. The number of rotatable bonds is 17. The van der Waals surface area contributed by atoms with E-state index in [1.807, 2.05) is 0 Å². The molecule has 1 heteroatoms. The van der Waals surface area contributed by atoms with Crippen LogP contribution in [0.2, 0.25) is 0 Å². The second-order valence-corrected chi connectivity index (χ2v) is 7.42. The quantitative estimate of drug-likeness (QED) is 0.217. The molecule has 1 atom stereocenters. The van der Waals surface area contributed by atoms with E-state index in [-0.39, 0.29) is 0 Å². The van der Waals surface area contributed by atoms with Crippen molar-refractivity contribution in [3.05, 3.63) is 24.4 Å². The zero-order chi connectivity index (χ0) is 17.3. The maximum Gasteiger partial charge on any atom is 0.000744 e. The largest absolute Gasteiger partial charge is 0.403 e. The van der Waals surface area contributed by atoms with E-state index in [2.05, 4.69) is 27.0 Å². The molecule has 1 unspecified atom stereocenters. The smallest absolute Gasteiger partial charge is 0.000744 e. The third-order valence-electron chi connectivity index (χ3n) is 4.90. The van der Waals surface area contributed by atoms with E-state index in [4.69, 9.17) is 5.73 Å². The highest BCUT2D eigenvalue weighted by molar-refractivity contribution is 4.95. The number of hydrogen-bond acceptors (Lipinski definition) is 1. The fraction of sp³-hybridized carbons (Fsp3) is 0.818. The molecule has 0 fully saturated rings. The molecule has 0 aliphatic rings. The molecule has 0 aliphatic carbocycles. The van der Waals surface area contributed by atoms with Crippen LogP contribution >= 0.6 is 0 Å². The average Bonchev–Trinajstić information content (AvgIpc) is 2.50. The Balaban J connectivity index is 3.55. The number of allylic oxidation sites excluding steroid dienone is 2. The van der Waals surface area contributed by atoms with Crippen molar-refractivity contribution in [2.75, 3.05) is 0 Å². The van der Waals surface area contributed by atoms with E-state index < -0.39 is 0 Å². The molecule has 0 saturated heterocycles. The second-order valence-electron chi connectivity index (χ2n) is 7.42. The third kappa shape index (κ3) is 15.9. The topological polar surface area (TPSA) is 26.0 Å². The summed E-state index contributed by atoms with van der Waals surface area (Å²) in [7, 11) is 0. The summed E-state index contributed by atoms with van der Waals surface area (Å²) < 4.78 is 0. The van der Waals surface area contributed by atoms with Gasteiger partial charge in [0.2, 0.25) is 0 Å². The number of hydrogen-bond donors (Lipinski definition) is 1. The summed E-state index contributed by atoms with van der Waals surface area (Å²) >= 11 is 0. The van der Waals surface area contributed by atoms with Gasteiger partial charge < -0.3 is 5.73 Å². The van der Waals surface area contributed by atoms with E-state index in [0.29, 0.717) is 0 Å². The Bertz CT molecular complexity index is 292. The van der Waals surface area contributed by atoms with Gasteiger partial charge in [-0.3, -0.25) is 0 Å². The van der Waals surface area contributed by atoms with Crippen LogP contribution in [0.4, 0.5) is 0 Å². The average molecular weight is 322 g/mol. The van der Waals surface area contributed by atoms with Crippen molar-refractivity contribution < 1.29 is 0 Å². The Labute approximate surface area is 146 Å². The van der Waals surface area contributed by atoms with Gasteiger partial charge in [0.1, 0.15) is 0 Å². The molecular weight excluding hydrogens is 278 g/mol. The summed E-state index contributed by atoms with van der Waals surface area (Å²) in [6, 6.07) is 0. The van der Waals surface area contributed by atoms with Gasteiger partial charge in [-0.2, -0.15) is 0 Å². The summed E-state index contributed by atoms with van der Waals surface area (Å²) in [5, 5.41) is 0. The fourth-order valence-corrected chi connectivity index (χ4v) is 3.26. The molecular formula is C22H43N. The summed E-state index contributed by atoms with van der Waals surface area (Å²) in [6.07, 6.45) is 20.1. The maximum atomic E-state index is 5.59. The highest BCUT2D eigenvalue weighted by Crippen LogP contribution is 2.24. The molecule has 0 radical (unpaired) electrons. The van der Waals surface area contributed by atoms with Gasteiger partial charge in [-0.25, -0.2) is 0 Å². The van der Waals surface area contributed by atoms with Crippen molar-refractivity contribution >= 4 is 0 Å². The first kappa shape index (κ1) is 22.3. The summed E-state index contributed by atoms with van der Waals surface area (Å²) in [5.74, 6) is 0.759. The van der Waals surface area contributed by atoms with E-state index in [9.17, 15) is 0 Å². The first-order chi connectivity index (χ1) is 11.1. The molecule has 0 spiro atoms. The lowest BCUT2D eigenvalue weighted by Gasteiger charge is -2.17. The zero-order valence-electron chi connectivity index (χ0n) is 16.2. The Hall–Kier alpha value is -0.720. The van der Waals surface area contributed by atoms with Crippen LogP contribution in [0, 0.1) is 5.92 Å². The van der Waals surface area contributed by atoms with Crippen molar-refractivity contribution in [1.82, 2.24) is 0 Å². The minimum Gasteiger partial charge on any atom is -0.403 e. The van der Waals surface area contributed by atoms with E-state index in [1.165, 1.54) is 95.5 Å². The SMILES string of the molecule is C=C(N)CCCCCCCC(CCCCCCCCC)C(=C)C. The van der Waals surface area contributed by atoms with Gasteiger partial charge in [0.15, 0.2) is 0 Å². The summed E-state index contributed by atoms with van der Waals surface area (Å²) in [6.45, 7) is 12.5. The zero-order valence-corrected chi connectivity index (χ0v) is 16.2. The van der Waals surface area contributed by atoms with Crippen LogP contribution < -0.4 is 5.73 Å². The van der Waals surface area contributed by atoms with Crippen LogP contribution in [0.3, 0.4) is 0 Å². The Morgan fingerprint density at radius 2 is 1.17 bits per heavy atom. The highest BCUT2D eigenvalue weighted by atomic mass is 14.5. The Morgan fingerprint density at radius 1 is 0.739 bits per heavy atom. The first-order valence-corrected chi connectivity index (χ1v) is 10.2. The lowest BCUT2D eigenvalue weighted by molar-refractivity contribution is 0.449. The van der Waals surface area contributed by atoms with Crippen molar-refractivity contribution in [3.8, 4) is 0 Å². The van der Waals surface area contributed by atoms with E-state index >= 15 is 0 Å². The van der Waals surface area contributed by atoms with Crippen LogP contribution in [0.1, 0.15) is 110 Å². The monoisotopic (exact) mass is 321 g/mol. The van der Waals surface area contributed by atoms with Gasteiger partial charge >= 0.3 is 0 Å². The second kappa shape index (κ2) is 16.1. The molecule has 1 nitrogen and oxygen atoms in total. The van der Waals surface area contributed by atoms with Gasteiger partial charge in [0, 0.05) is 5.70 Å². The standard InChI is InChI=1S/C22H43N/c1-5-6-7-8-9-12-15-18-22(20(2)3)19-16-13-10-11-14-17-21(4)23/h22H,2,4-19,23H2,1,3H3. The fourth-order valence-electron chi connectivity index (χ4n) is 3.26. The van der Waals surface area contributed by atoms with Gasteiger partial charge in [-0.15, -0.1) is 0 Å². The van der Waals surface area contributed by atoms with Crippen LogP contribution in [-0.4, -0.2) is 0 Å². The predicted molar refractivity (Wildman–Crippen MR) is 107 cm³/mol. The van der Waals surface area contributed by atoms with Crippen LogP contribution in [0.15, 0.2) is 24.4 Å². The lowest BCUT2D eigenvalue weighted by atomic mass is 9.89. The first-order valence-electron chi connectivity index (χ1n) is 10.2. The summed E-state index contributed by atoms with van der Waals surface area (Å²) in [4.78, 5) is 0. The molecule has 0 aromatic heterocycles. The van der Waals surface area contributed by atoms with Gasteiger partial charge in [-0.1, -0.05) is 96.3 Å². The summed E-state index contributed by atoms with van der Waals surface area (Å²) in [5.41, 5.74) is 7.83. The molecule has 23 heavy (non-hydrogen) atoms. The molecule has 2 N–H and O–H groups in total. The predicted octanol–water partition coefficient (Wildman–Crippen LogP) is 7.52. The van der Waals surface area contributed by atoms with Gasteiger partial charge in [0.25, 0.3) is 0 Å². The number of nitrogens with two attached hydrogens (primary N) is 1. The molecule has 0 amide bonds. The van der Waals surface area contributed by atoms with E-state index in [1.54, 1.807) is 0 Å². The van der Waals surface area contributed by atoms with Crippen molar-refractivity contribution in [2.24, 2.45) is 11.7 Å². The van der Waals surface area contributed by atoms with Crippen LogP contribution in [0.5, 0.6) is 0 Å². The van der Waals surface area contributed by atoms with Crippen LogP contribution in [0.25, 0.3) is 0 Å². The number of unbranched alkanes of at least 4 members (excludes halogenated alkanes) is 10. The van der Waals surface area contributed by atoms with Crippen molar-refractivity contribution in [3.63, 3.8) is 0 Å². The van der Waals surface area contributed by atoms with Crippen LogP contribution in [-0.2, 0) is 0 Å². The molecule has 0 rings (SSSR count). The van der Waals surface area contributed by atoms with Gasteiger partial charge in [-0.05, 0) is 38.5 Å². The molecule has 0 bridgehead atoms. The molecule has 0 aliphatic heterocycles. The van der Waals surface area contributed by atoms with Gasteiger partial charge in [0.05, 0.1) is 0 Å². The minimum absolute atomic E-state index is 0.759. The molecule has 0 heterocycles. The molecule has 0 saturated carbocycles. The van der Waals surface area contributed by atoms with E-state index in [0.717, 1.165) is 18.0 Å². The lowest BCUT2D eigenvalue weighted by Crippen LogP contribution is -2.02. The molecule has 0 aromatic carbocycles. The maximum absolute atomic E-state index is 5.59. The Kier molecular flexibility index (Phi) is 15.6. The molecule has 136 valence electrons. The third-order valence-corrected chi connectivity index (χ3v) is 4.90. The Morgan fingerprint density at radius 3 is 1.61 bits per heavy atom. The minimum atomic E-state index is 0.759. The highest BCUT2D eigenvalue weighted by Gasteiger charge is 2.09.